The van der Waals surface area contributed by atoms with Crippen LogP contribution in [0, 0.1) is 28.2 Å². The van der Waals surface area contributed by atoms with Crippen molar-refractivity contribution in [3.05, 3.63) is 12.1 Å². The number of rotatable bonds is 7. The first-order valence-electron chi connectivity index (χ1n) is 9.36. The van der Waals surface area contributed by atoms with Gasteiger partial charge in [-0.1, -0.05) is 34.9 Å². The molecule has 4 atom stereocenters. The number of nitriles is 1. The summed E-state index contributed by atoms with van der Waals surface area (Å²) in [5.74, 6) is -0.444. The van der Waals surface area contributed by atoms with Crippen LogP contribution in [-0.2, 0) is 25.7 Å². The zero-order chi connectivity index (χ0) is 23.2. The first-order valence-corrected chi connectivity index (χ1v) is 14.6. The Morgan fingerprint density at radius 1 is 1.42 bits per heavy atom. The van der Waals surface area contributed by atoms with Crippen molar-refractivity contribution in [1.82, 2.24) is 0 Å². The molecule has 31 heavy (non-hydrogen) atoms. The van der Waals surface area contributed by atoms with Gasteiger partial charge in [-0.3, -0.25) is 9.00 Å². The Balaban J connectivity index is 1.98. The second-order valence-electron chi connectivity index (χ2n) is 8.23. The van der Waals surface area contributed by atoms with Crippen molar-refractivity contribution in [2.24, 2.45) is 27.0 Å². The van der Waals surface area contributed by atoms with Gasteiger partial charge in [0.15, 0.2) is 5.78 Å². The molecule has 0 saturated heterocycles. The van der Waals surface area contributed by atoms with Gasteiger partial charge >= 0.3 is 10.1 Å². The van der Waals surface area contributed by atoms with E-state index in [1.165, 1.54) is 30.2 Å². The first-order chi connectivity index (χ1) is 14.4. The fourth-order valence-corrected chi connectivity index (χ4v) is 9.22. The largest absolute Gasteiger partial charge is 0.382 e. The second kappa shape index (κ2) is 8.57. The van der Waals surface area contributed by atoms with Crippen molar-refractivity contribution >= 4 is 60.1 Å². The molecule has 0 aliphatic heterocycles. The van der Waals surface area contributed by atoms with Crippen molar-refractivity contribution in [1.29, 1.82) is 5.26 Å². The van der Waals surface area contributed by atoms with Gasteiger partial charge in [0.2, 0.25) is 6.19 Å². The number of benzene rings is 1. The molecule has 0 N–H and O–H groups in total. The molecule has 168 valence electrons. The van der Waals surface area contributed by atoms with E-state index in [2.05, 4.69) is 26.2 Å². The van der Waals surface area contributed by atoms with Gasteiger partial charge in [-0.2, -0.15) is 13.7 Å². The van der Waals surface area contributed by atoms with Crippen LogP contribution in [0.2, 0.25) is 0 Å². The molecule has 2 fully saturated rings. The highest BCUT2D eigenvalue weighted by atomic mass is 79.9. The summed E-state index contributed by atoms with van der Waals surface area (Å²) in [6.45, 7) is 3.89. The highest BCUT2D eigenvalue weighted by Crippen LogP contribution is 2.65. The van der Waals surface area contributed by atoms with Gasteiger partial charge in [-0.25, -0.2) is 0 Å². The minimum atomic E-state index is -4.14. The van der Waals surface area contributed by atoms with Gasteiger partial charge in [0.1, 0.15) is 11.4 Å². The number of azo groups is 1. The van der Waals surface area contributed by atoms with Gasteiger partial charge in [0, 0.05) is 17.2 Å². The molecule has 1 aromatic rings. The summed E-state index contributed by atoms with van der Waals surface area (Å²) in [7, 11) is -5.68. The Morgan fingerprint density at radius 3 is 2.61 bits per heavy atom. The molecule has 12 heteroatoms. The molecule has 2 aliphatic rings. The number of Topliss-reactive ketones (excluding diaryl/α,β-unsaturated/α-hetero) is 1. The predicted octanol–water partition coefficient (Wildman–Crippen LogP) is 4.19. The highest BCUT2D eigenvalue weighted by Gasteiger charge is 2.69. The van der Waals surface area contributed by atoms with E-state index in [9.17, 15) is 17.4 Å². The molecular weight excluding hydrogens is 526 g/mol. The summed E-state index contributed by atoms with van der Waals surface area (Å²) in [5.41, 5.74) is -1.26. The molecule has 1 aromatic carbocycles. The normalized spacial score (nSPS) is 28.1. The lowest BCUT2D eigenvalue weighted by Gasteiger charge is -2.35. The summed E-state index contributed by atoms with van der Waals surface area (Å²) < 4.78 is 43.7. The maximum atomic E-state index is 13.1. The van der Waals surface area contributed by atoms with Crippen molar-refractivity contribution in [3.8, 4) is 11.9 Å². The van der Waals surface area contributed by atoms with Crippen LogP contribution in [0.15, 0.2) is 32.2 Å². The van der Waals surface area contributed by atoms with E-state index in [0.717, 1.165) is 6.42 Å². The molecule has 2 unspecified atom stereocenters. The van der Waals surface area contributed by atoms with E-state index in [4.69, 9.17) is 9.44 Å². The molecule has 0 radical (unpaired) electrons. The number of fused-ring (bicyclic) bond motifs is 2. The Labute approximate surface area is 196 Å². The lowest BCUT2D eigenvalue weighted by Crippen LogP contribution is -2.44. The van der Waals surface area contributed by atoms with Crippen molar-refractivity contribution in [2.75, 3.05) is 18.3 Å². The summed E-state index contributed by atoms with van der Waals surface area (Å²) in [6.07, 6.45) is 5.97. The quantitative estimate of drug-likeness (QED) is 0.164. The molecule has 2 aliphatic carbocycles. The zero-order valence-corrected chi connectivity index (χ0v) is 21.5. The molecule has 0 heterocycles. The van der Waals surface area contributed by atoms with Crippen LogP contribution >= 0.6 is 27.7 Å². The third kappa shape index (κ3) is 4.10. The van der Waals surface area contributed by atoms with Gasteiger partial charge in [0.05, 0.1) is 31.7 Å². The predicted molar refractivity (Wildman–Crippen MR) is 122 cm³/mol. The summed E-state index contributed by atoms with van der Waals surface area (Å²) >= 11 is 4.68. The average Bonchev–Trinajstić information content (AvgIpc) is 3.00. The third-order valence-electron chi connectivity index (χ3n) is 6.50. The average molecular weight is 549 g/mol. The highest BCUT2D eigenvalue weighted by molar-refractivity contribution is 9.10. The number of thioether (sulfide) groups is 1. The summed E-state index contributed by atoms with van der Waals surface area (Å²) in [4.78, 5) is 13.3. The summed E-state index contributed by atoms with van der Waals surface area (Å²) in [5, 5.41) is 15.8. The SMILES string of the molecule is CSc1cc(OS(=O)(=O)C[C@]23CC[C@H](C(Br)C2=O)C3(C)C)cc(S(C)=O)c1N=NC#N. The Kier molecular flexibility index (Phi) is 6.73. The third-order valence-corrected chi connectivity index (χ3v) is 10.5. The standard InChI is InChI=1S/C19H22BrN3O5S3/c1-18(2)12-5-6-19(18,17(24)15(12)20)9-31(26,27)28-11-7-13(29-3)16(23-22-10-21)14(8-11)30(4)25/h7-8,12,15H,5-6,9H2,1-4H3/t12-,15?,19-,30?/m1/s1. The van der Waals surface area contributed by atoms with Crippen LogP contribution in [0.4, 0.5) is 5.69 Å². The molecule has 0 amide bonds. The maximum Gasteiger partial charge on any atom is 0.310 e. The molecule has 0 spiro atoms. The molecular formula is C19H22BrN3O5S3. The van der Waals surface area contributed by atoms with Crippen molar-refractivity contribution < 1.29 is 21.6 Å². The Bertz CT molecular complexity index is 1130. The number of ketones is 1. The number of alkyl halides is 1. The first kappa shape index (κ1) is 24.4. The lowest BCUT2D eigenvalue weighted by molar-refractivity contribution is -0.127. The van der Waals surface area contributed by atoms with Gasteiger partial charge < -0.3 is 4.18 Å². The Hall–Kier alpha value is -1.29. The van der Waals surface area contributed by atoms with Crippen LogP contribution in [0.1, 0.15) is 26.7 Å². The monoisotopic (exact) mass is 547 g/mol. The number of carbonyl (C=O) groups is 1. The van der Waals surface area contributed by atoms with E-state index in [1.807, 2.05) is 13.8 Å². The van der Waals surface area contributed by atoms with Crippen molar-refractivity contribution in [2.45, 2.75) is 41.3 Å². The zero-order valence-electron chi connectivity index (χ0n) is 17.4. The number of hydrogen-bond donors (Lipinski definition) is 0. The molecule has 8 nitrogen and oxygen atoms in total. The van der Waals surface area contributed by atoms with Crippen LogP contribution < -0.4 is 4.18 Å². The van der Waals surface area contributed by atoms with E-state index in [1.54, 1.807) is 12.4 Å². The molecule has 0 aromatic heterocycles. The van der Waals surface area contributed by atoms with Gasteiger partial charge in [-0.05, 0) is 36.5 Å². The molecule has 2 saturated carbocycles. The number of halogens is 1. The second-order valence-corrected chi connectivity index (χ2v) is 13.0. The minimum absolute atomic E-state index is 0.0185. The van der Waals surface area contributed by atoms with E-state index >= 15 is 0 Å². The number of carbonyl (C=O) groups excluding carboxylic acids is 1. The molecule has 3 rings (SSSR count). The van der Waals surface area contributed by atoms with Crippen LogP contribution in [0.5, 0.6) is 5.75 Å². The van der Waals surface area contributed by atoms with Crippen LogP contribution in [0.3, 0.4) is 0 Å². The Morgan fingerprint density at radius 2 is 2.10 bits per heavy atom. The maximum absolute atomic E-state index is 13.1. The van der Waals surface area contributed by atoms with E-state index in [-0.39, 0.29) is 32.9 Å². The minimum Gasteiger partial charge on any atom is -0.382 e. The number of hydrogen-bond acceptors (Lipinski definition) is 9. The number of nitrogens with zero attached hydrogens (tertiary/aromatic N) is 3. The van der Waals surface area contributed by atoms with Crippen LogP contribution in [-0.4, -0.2) is 41.5 Å². The molecule has 2 bridgehead atoms. The smallest absolute Gasteiger partial charge is 0.310 e. The lowest BCUT2D eigenvalue weighted by atomic mass is 9.70. The fraction of sp³-hybridized carbons (Fsp3) is 0.579. The fourth-order valence-electron chi connectivity index (χ4n) is 4.80. The topological polar surface area (TPSA) is 126 Å². The van der Waals surface area contributed by atoms with Gasteiger partial charge in [0.25, 0.3) is 0 Å². The van der Waals surface area contributed by atoms with E-state index in [0.29, 0.717) is 11.3 Å². The van der Waals surface area contributed by atoms with E-state index < -0.39 is 37.5 Å². The van der Waals surface area contributed by atoms with Gasteiger partial charge in [-0.15, -0.1) is 16.9 Å². The summed E-state index contributed by atoms with van der Waals surface area (Å²) in [6, 6.07) is 2.78. The van der Waals surface area contributed by atoms with Crippen molar-refractivity contribution in [3.63, 3.8) is 0 Å². The van der Waals surface area contributed by atoms with Crippen LogP contribution in [0.25, 0.3) is 0 Å².